The third kappa shape index (κ3) is 2.77. The van der Waals surface area contributed by atoms with E-state index in [0.717, 1.165) is 48.2 Å². The van der Waals surface area contributed by atoms with Crippen LogP contribution in [-0.2, 0) is 0 Å². The molecule has 0 bridgehead atoms. The Morgan fingerprint density at radius 2 is 2.20 bits per heavy atom. The number of anilines is 2. The highest BCUT2D eigenvalue weighted by Gasteiger charge is 2.20. The molecule has 0 spiro atoms. The fourth-order valence-electron chi connectivity index (χ4n) is 2.45. The van der Waals surface area contributed by atoms with Gasteiger partial charge in [-0.1, -0.05) is 6.07 Å². The lowest BCUT2D eigenvalue weighted by atomic mass is 10.1. The SMILES string of the molecule is Cc1cc(Nc2ncccc2C)nc(C2CCNC2)n1. The Morgan fingerprint density at radius 3 is 2.95 bits per heavy atom. The summed E-state index contributed by atoms with van der Waals surface area (Å²) in [5.74, 6) is 3.01. The summed E-state index contributed by atoms with van der Waals surface area (Å²) in [5.41, 5.74) is 2.09. The van der Waals surface area contributed by atoms with E-state index >= 15 is 0 Å². The van der Waals surface area contributed by atoms with Crippen molar-refractivity contribution in [3.8, 4) is 0 Å². The minimum Gasteiger partial charge on any atom is -0.325 e. The maximum Gasteiger partial charge on any atom is 0.135 e. The predicted octanol–water partition coefficient (Wildman–Crippen LogP) is 2.31. The maximum absolute atomic E-state index is 4.65. The van der Waals surface area contributed by atoms with Crippen molar-refractivity contribution in [2.45, 2.75) is 26.2 Å². The molecule has 1 fully saturated rings. The first-order valence-electron chi connectivity index (χ1n) is 6.97. The van der Waals surface area contributed by atoms with Crippen LogP contribution in [-0.4, -0.2) is 28.0 Å². The molecule has 1 aliphatic heterocycles. The molecule has 0 amide bonds. The summed E-state index contributed by atoms with van der Waals surface area (Å²) in [6, 6.07) is 5.92. The number of hydrogen-bond acceptors (Lipinski definition) is 5. The molecule has 5 nitrogen and oxygen atoms in total. The van der Waals surface area contributed by atoms with E-state index < -0.39 is 0 Å². The van der Waals surface area contributed by atoms with Crippen molar-refractivity contribution in [2.24, 2.45) is 0 Å². The average Bonchev–Trinajstić information content (AvgIpc) is 2.95. The van der Waals surface area contributed by atoms with Gasteiger partial charge in [0.25, 0.3) is 0 Å². The summed E-state index contributed by atoms with van der Waals surface area (Å²) >= 11 is 0. The van der Waals surface area contributed by atoms with Crippen LogP contribution in [0.1, 0.15) is 29.4 Å². The number of nitrogens with zero attached hydrogens (tertiary/aromatic N) is 3. The molecule has 3 heterocycles. The van der Waals surface area contributed by atoms with Crippen LogP contribution in [0.15, 0.2) is 24.4 Å². The lowest BCUT2D eigenvalue weighted by Gasteiger charge is -2.12. The first-order chi connectivity index (χ1) is 9.72. The lowest BCUT2D eigenvalue weighted by Crippen LogP contribution is -2.11. The molecule has 1 unspecified atom stereocenters. The number of rotatable bonds is 3. The Labute approximate surface area is 118 Å². The second-order valence-corrected chi connectivity index (χ2v) is 5.24. The summed E-state index contributed by atoms with van der Waals surface area (Å²) in [7, 11) is 0. The first-order valence-corrected chi connectivity index (χ1v) is 6.97. The van der Waals surface area contributed by atoms with Gasteiger partial charge in [-0.2, -0.15) is 0 Å². The van der Waals surface area contributed by atoms with E-state index in [0.29, 0.717) is 5.92 Å². The zero-order valence-electron chi connectivity index (χ0n) is 11.8. The van der Waals surface area contributed by atoms with E-state index in [-0.39, 0.29) is 0 Å². The molecule has 1 saturated heterocycles. The Balaban J connectivity index is 1.88. The van der Waals surface area contributed by atoms with Gasteiger partial charge in [-0.15, -0.1) is 0 Å². The van der Waals surface area contributed by atoms with Crippen LogP contribution >= 0.6 is 0 Å². The highest BCUT2D eigenvalue weighted by Crippen LogP contribution is 2.22. The van der Waals surface area contributed by atoms with Crippen molar-refractivity contribution in [1.82, 2.24) is 20.3 Å². The van der Waals surface area contributed by atoms with Gasteiger partial charge in [-0.3, -0.25) is 0 Å². The summed E-state index contributed by atoms with van der Waals surface area (Å²) in [5, 5.41) is 6.65. The summed E-state index contributed by atoms with van der Waals surface area (Å²) in [4.78, 5) is 13.6. The fourth-order valence-corrected chi connectivity index (χ4v) is 2.45. The van der Waals surface area contributed by atoms with Gasteiger partial charge in [-0.25, -0.2) is 15.0 Å². The number of aromatic nitrogens is 3. The van der Waals surface area contributed by atoms with Gasteiger partial charge in [0, 0.05) is 30.4 Å². The molecule has 0 saturated carbocycles. The molecule has 1 aliphatic rings. The number of aryl methyl sites for hydroxylation is 2. The highest BCUT2D eigenvalue weighted by atomic mass is 15.1. The van der Waals surface area contributed by atoms with Crippen molar-refractivity contribution in [3.63, 3.8) is 0 Å². The van der Waals surface area contributed by atoms with E-state index in [9.17, 15) is 0 Å². The second kappa shape index (κ2) is 5.54. The van der Waals surface area contributed by atoms with Crippen molar-refractivity contribution in [1.29, 1.82) is 0 Å². The molecule has 0 aromatic carbocycles. The molecule has 0 aliphatic carbocycles. The van der Waals surface area contributed by atoms with Crippen LogP contribution in [0.4, 0.5) is 11.6 Å². The lowest BCUT2D eigenvalue weighted by molar-refractivity contribution is 0.698. The van der Waals surface area contributed by atoms with Crippen molar-refractivity contribution >= 4 is 11.6 Å². The van der Waals surface area contributed by atoms with E-state index in [1.807, 2.05) is 32.0 Å². The largest absolute Gasteiger partial charge is 0.325 e. The Bertz CT molecular complexity index is 605. The summed E-state index contributed by atoms with van der Waals surface area (Å²) < 4.78 is 0. The van der Waals surface area contributed by atoms with Crippen molar-refractivity contribution < 1.29 is 0 Å². The highest BCUT2D eigenvalue weighted by molar-refractivity contribution is 5.55. The van der Waals surface area contributed by atoms with Crippen LogP contribution in [0.25, 0.3) is 0 Å². The molecule has 20 heavy (non-hydrogen) atoms. The van der Waals surface area contributed by atoms with Crippen molar-refractivity contribution in [2.75, 3.05) is 18.4 Å². The smallest absolute Gasteiger partial charge is 0.135 e. The van der Waals surface area contributed by atoms with E-state index in [1.165, 1.54) is 0 Å². The molecule has 0 radical (unpaired) electrons. The van der Waals surface area contributed by atoms with Crippen LogP contribution in [0.5, 0.6) is 0 Å². The normalized spacial score (nSPS) is 18.2. The van der Waals surface area contributed by atoms with Gasteiger partial charge in [0.1, 0.15) is 17.5 Å². The fraction of sp³-hybridized carbons (Fsp3) is 0.400. The molecule has 1 atom stereocenters. The van der Waals surface area contributed by atoms with Crippen LogP contribution in [0.3, 0.4) is 0 Å². The Morgan fingerprint density at radius 1 is 1.30 bits per heavy atom. The third-order valence-corrected chi connectivity index (χ3v) is 3.55. The number of hydrogen-bond donors (Lipinski definition) is 2. The molecule has 2 aromatic heterocycles. The van der Waals surface area contributed by atoms with Crippen molar-refractivity contribution in [3.05, 3.63) is 41.5 Å². The summed E-state index contributed by atoms with van der Waals surface area (Å²) in [6.07, 6.45) is 2.89. The van der Waals surface area contributed by atoms with Gasteiger partial charge in [0.05, 0.1) is 0 Å². The molecular weight excluding hydrogens is 250 g/mol. The van der Waals surface area contributed by atoms with Gasteiger partial charge in [-0.05, 0) is 38.4 Å². The number of nitrogens with one attached hydrogen (secondary N) is 2. The number of pyridine rings is 1. The maximum atomic E-state index is 4.65. The average molecular weight is 269 g/mol. The minimum absolute atomic E-state index is 0.417. The van der Waals surface area contributed by atoms with Gasteiger partial charge in [0.15, 0.2) is 0 Å². The molecular formula is C15H19N5. The standard InChI is InChI=1S/C15H19N5/c1-10-4-3-6-17-14(10)19-13-8-11(2)18-15(20-13)12-5-7-16-9-12/h3-4,6,8,12,16H,5,7,9H2,1-2H3,(H,17,18,19,20). The van der Waals surface area contributed by atoms with Gasteiger partial charge >= 0.3 is 0 Å². The van der Waals surface area contributed by atoms with Crippen LogP contribution in [0.2, 0.25) is 0 Å². The minimum atomic E-state index is 0.417. The van der Waals surface area contributed by atoms with Crippen LogP contribution in [0, 0.1) is 13.8 Å². The Kier molecular flexibility index (Phi) is 3.60. The Hall–Kier alpha value is -2.01. The first kappa shape index (κ1) is 13.0. The molecule has 2 aromatic rings. The third-order valence-electron chi connectivity index (χ3n) is 3.55. The molecule has 2 N–H and O–H groups in total. The molecule has 5 heteroatoms. The predicted molar refractivity (Wildman–Crippen MR) is 79.3 cm³/mol. The van der Waals surface area contributed by atoms with E-state index in [2.05, 4.69) is 25.6 Å². The molecule has 3 rings (SSSR count). The monoisotopic (exact) mass is 269 g/mol. The quantitative estimate of drug-likeness (QED) is 0.895. The zero-order valence-corrected chi connectivity index (χ0v) is 11.8. The summed E-state index contributed by atoms with van der Waals surface area (Å²) in [6.45, 7) is 6.05. The second-order valence-electron chi connectivity index (χ2n) is 5.24. The van der Waals surface area contributed by atoms with E-state index in [4.69, 9.17) is 0 Å². The zero-order chi connectivity index (χ0) is 13.9. The van der Waals surface area contributed by atoms with E-state index in [1.54, 1.807) is 6.20 Å². The van der Waals surface area contributed by atoms with Crippen LogP contribution < -0.4 is 10.6 Å². The topological polar surface area (TPSA) is 62.7 Å². The van der Waals surface area contributed by atoms with Gasteiger partial charge < -0.3 is 10.6 Å². The van der Waals surface area contributed by atoms with Gasteiger partial charge in [0.2, 0.25) is 0 Å². The molecule has 104 valence electrons.